The van der Waals surface area contributed by atoms with Crippen LogP contribution in [0.25, 0.3) is 0 Å². The Labute approximate surface area is 112 Å². The van der Waals surface area contributed by atoms with E-state index in [0.717, 1.165) is 6.42 Å². The maximum atomic E-state index is 12.3. The summed E-state index contributed by atoms with van der Waals surface area (Å²) in [6, 6.07) is 4.92. The molecule has 1 aromatic rings. The number of benzene rings is 1. The molecule has 4 nitrogen and oxygen atoms in total. The van der Waals surface area contributed by atoms with E-state index in [4.69, 9.17) is 11.6 Å². The number of likely N-dealkylation sites (N-methyl/N-ethyl adjacent to an activating group) is 1. The van der Waals surface area contributed by atoms with Gasteiger partial charge in [-0.05, 0) is 38.7 Å². The van der Waals surface area contributed by atoms with Crippen molar-refractivity contribution in [1.29, 1.82) is 0 Å². The molecule has 1 aromatic carbocycles. The lowest BCUT2D eigenvalue weighted by atomic mass is 10.2. The molecule has 1 aliphatic heterocycles. The van der Waals surface area contributed by atoms with Gasteiger partial charge in [0.15, 0.2) is 0 Å². The van der Waals surface area contributed by atoms with Gasteiger partial charge in [-0.2, -0.15) is 0 Å². The zero-order valence-electron chi connectivity index (χ0n) is 10.6. The summed E-state index contributed by atoms with van der Waals surface area (Å²) in [6.45, 7) is 1.41. The molecule has 0 spiro atoms. The van der Waals surface area contributed by atoms with Crippen LogP contribution in [0.2, 0.25) is 5.02 Å². The molecule has 1 N–H and O–H groups in total. The SMILES string of the molecule is CN(C)C1CCN(C(=O)c2cc(Cl)ccc2O)C1. The van der Waals surface area contributed by atoms with Gasteiger partial charge in [0, 0.05) is 24.2 Å². The van der Waals surface area contributed by atoms with E-state index >= 15 is 0 Å². The molecule has 0 saturated carbocycles. The molecule has 0 aliphatic carbocycles. The number of aromatic hydroxyl groups is 1. The third-order valence-corrected chi connectivity index (χ3v) is 3.60. The molecule has 1 heterocycles. The Morgan fingerprint density at radius 2 is 2.22 bits per heavy atom. The van der Waals surface area contributed by atoms with Crippen LogP contribution in [-0.4, -0.2) is 54.0 Å². The van der Waals surface area contributed by atoms with Gasteiger partial charge in [0.25, 0.3) is 5.91 Å². The van der Waals surface area contributed by atoms with Gasteiger partial charge in [-0.25, -0.2) is 0 Å². The fraction of sp³-hybridized carbons (Fsp3) is 0.462. The lowest BCUT2D eigenvalue weighted by molar-refractivity contribution is 0.0780. The van der Waals surface area contributed by atoms with Crippen LogP contribution in [0.1, 0.15) is 16.8 Å². The Morgan fingerprint density at radius 3 is 2.83 bits per heavy atom. The summed E-state index contributed by atoms with van der Waals surface area (Å²) in [4.78, 5) is 16.2. The number of phenolic OH excluding ortho intramolecular Hbond substituents is 1. The van der Waals surface area contributed by atoms with Crippen molar-refractivity contribution in [3.05, 3.63) is 28.8 Å². The van der Waals surface area contributed by atoms with Crippen LogP contribution in [0.4, 0.5) is 0 Å². The normalized spacial score (nSPS) is 19.6. The highest BCUT2D eigenvalue weighted by atomic mass is 35.5. The summed E-state index contributed by atoms with van der Waals surface area (Å²) in [5, 5.41) is 10.2. The topological polar surface area (TPSA) is 43.8 Å². The molecule has 0 aromatic heterocycles. The summed E-state index contributed by atoms with van der Waals surface area (Å²) >= 11 is 5.86. The van der Waals surface area contributed by atoms with Gasteiger partial charge >= 0.3 is 0 Å². The van der Waals surface area contributed by atoms with Crippen LogP contribution in [0.5, 0.6) is 5.75 Å². The minimum absolute atomic E-state index is 0.0160. The Hall–Kier alpha value is -1.26. The van der Waals surface area contributed by atoms with Crippen molar-refractivity contribution in [3.63, 3.8) is 0 Å². The number of rotatable bonds is 2. The number of nitrogens with zero attached hydrogens (tertiary/aromatic N) is 2. The van der Waals surface area contributed by atoms with Crippen LogP contribution < -0.4 is 0 Å². The van der Waals surface area contributed by atoms with E-state index in [1.807, 2.05) is 14.1 Å². The van der Waals surface area contributed by atoms with Crippen molar-refractivity contribution in [2.24, 2.45) is 0 Å². The molecule has 1 aliphatic rings. The second-order valence-corrected chi connectivity index (χ2v) is 5.26. The Bertz CT molecular complexity index is 462. The molecule has 1 fully saturated rings. The molecule has 1 atom stereocenters. The minimum atomic E-state index is -0.153. The van der Waals surface area contributed by atoms with Gasteiger partial charge in [-0.1, -0.05) is 11.6 Å². The maximum absolute atomic E-state index is 12.3. The quantitative estimate of drug-likeness (QED) is 0.890. The zero-order valence-corrected chi connectivity index (χ0v) is 11.3. The largest absolute Gasteiger partial charge is 0.507 e. The van der Waals surface area contributed by atoms with Gasteiger partial charge in [0.1, 0.15) is 5.75 Å². The second-order valence-electron chi connectivity index (χ2n) is 4.82. The number of phenols is 1. The number of hydrogen-bond donors (Lipinski definition) is 1. The molecule has 18 heavy (non-hydrogen) atoms. The average Bonchev–Trinajstić information content (AvgIpc) is 2.81. The highest BCUT2D eigenvalue weighted by Crippen LogP contribution is 2.25. The van der Waals surface area contributed by atoms with Crippen molar-refractivity contribution >= 4 is 17.5 Å². The van der Waals surface area contributed by atoms with Gasteiger partial charge in [0.2, 0.25) is 0 Å². The Kier molecular flexibility index (Phi) is 3.78. The molecule has 2 rings (SSSR count). The van der Waals surface area contributed by atoms with E-state index < -0.39 is 0 Å². The highest BCUT2D eigenvalue weighted by molar-refractivity contribution is 6.31. The van der Waals surface area contributed by atoms with Gasteiger partial charge < -0.3 is 14.9 Å². The monoisotopic (exact) mass is 268 g/mol. The second kappa shape index (κ2) is 5.16. The maximum Gasteiger partial charge on any atom is 0.257 e. The van der Waals surface area contributed by atoms with E-state index in [-0.39, 0.29) is 17.2 Å². The summed E-state index contributed by atoms with van der Waals surface area (Å²) < 4.78 is 0. The van der Waals surface area contributed by atoms with Crippen LogP contribution in [-0.2, 0) is 0 Å². The van der Waals surface area contributed by atoms with E-state index in [2.05, 4.69) is 4.90 Å². The number of hydrogen-bond acceptors (Lipinski definition) is 3. The molecule has 0 radical (unpaired) electrons. The number of amides is 1. The fourth-order valence-corrected chi connectivity index (χ4v) is 2.37. The van der Waals surface area contributed by atoms with Crippen LogP contribution in [0.3, 0.4) is 0 Å². The van der Waals surface area contributed by atoms with Crippen molar-refractivity contribution < 1.29 is 9.90 Å². The third-order valence-electron chi connectivity index (χ3n) is 3.37. The molecule has 98 valence electrons. The molecular weight excluding hydrogens is 252 g/mol. The van der Waals surface area contributed by atoms with Crippen molar-refractivity contribution in [1.82, 2.24) is 9.80 Å². The lowest BCUT2D eigenvalue weighted by Gasteiger charge is -2.20. The smallest absolute Gasteiger partial charge is 0.257 e. The Morgan fingerprint density at radius 1 is 1.50 bits per heavy atom. The van der Waals surface area contributed by atoms with Crippen LogP contribution in [0, 0.1) is 0 Å². The molecule has 0 bridgehead atoms. The van der Waals surface area contributed by atoms with E-state index in [1.165, 1.54) is 12.1 Å². The first-order valence-corrected chi connectivity index (χ1v) is 6.31. The molecular formula is C13H17ClN2O2. The highest BCUT2D eigenvalue weighted by Gasteiger charge is 2.29. The summed E-state index contributed by atoms with van der Waals surface area (Å²) in [7, 11) is 4.02. The first kappa shape index (κ1) is 13.2. The van der Waals surface area contributed by atoms with Crippen LogP contribution in [0.15, 0.2) is 18.2 Å². The summed E-state index contributed by atoms with van der Waals surface area (Å²) in [5.41, 5.74) is 0.280. The number of carbonyl (C=O) groups excluding carboxylic acids is 1. The molecule has 1 unspecified atom stereocenters. The Balaban J connectivity index is 2.15. The lowest BCUT2D eigenvalue weighted by Crippen LogP contribution is -2.34. The minimum Gasteiger partial charge on any atom is -0.507 e. The van der Waals surface area contributed by atoms with Gasteiger partial charge in [0.05, 0.1) is 5.56 Å². The van der Waals surface area contributed by atoms with Crippen molar-refractivity contribution in [2.75, 3.05) is 27.2 Å². The molecule has 1 saturated heterocycles. The van der Waals surface area contributed by atoms with Gasteiger partial charge in [-0.3, -0.25) is 4.79 Å². The first-order chi connectivity index (χ1) is 8.49. The van der Waals surface area contributed by atoms with E-state index in [1.54, 1.807) is 11.0 Å². The van der Waals surface area contributed by atoms with Crippen molar-refractivity contribution in [3.8, 4) is 5.75 Å². The molecule has 1 amide bonds. The number of halogens is 1. The first-order valence-electron chi connectivity index (χ1n) is 5.93. The number of carbonyl (C=O) groups is 1. The van der Waals surface area contributed by atoms with Crippen molar-refractivity contribution in [2.45, 2.75) is 12.5 Å². The van der Waals surface area contributed by atoms with Gasteiger partial charge in [-0.15, -0.1) is 0 Å². The predicted octanol–water partition coefficient (Wildman–Crippen LogP) is 1.82. The van der Waals surface area contributed by atoms with E-state index in [0.29, 0.717) is 24.2 Å². The molecule has 5 heteroatoms. The average molecular weight is 269 g/mol. The number of likely N-dealkylation sites (tertiary alicyclic amines) is 1. The van der Waals surface area contributed by atoms with E-state index in [9.17, 15) is 9.90 Å². The summed E-state index contributed by atoms with van der Waals surface area (Å²) in [6.07, 6.45) is 0.958. The fourth-order valence-electron chi connectivity index (χ4n) is 2.20. The summed E-state index contributed by atoms with van der Waals surface area (Å²) in [5.74, 6) is -0.169. The predicted molar refractivity (Wildman–Crippen MR) is 71.1 cm³/mol. The van der Waals surface area contributed by atoms with Crippen LogP contribution >= 0.6 is 11.6 Å². The zero-order chi connectivity index (χ0) is 13.3. The standard InChI is InChI=1S/C13H17ClN2O2/c1-15(2)10-5-6-16(8-10)13(18)11-7-9(14)3-4-12(11)17/h3-4,7,10,17H,5-6,8H2,1-2H3. The third kappa shape index (κ3) is 2.60.